The third-order valence-corrected chi connectivity index (χ3v) is 3.85. The van der Waals surface area contributed by atoms with E-state index in [4.69, 9.17) is 0 Å². The number of alkyl halides is 1. The van der Waals surface area contributed by atoms with Crippen LogP contribution in [0.25, 0.3) is 0 Å². The molecule has 1 rings (SSSR count). The molecule has 3 nitrogen and oxygen atoms in total. The van der Waals surface area contributed by atoms with E-state index in [9.17, 15) is 0 Å². The van der Waals surface area contributed by atoms with Gasteiger partial charge in [-0.25, -0.2) is 0 Å². The molecule has 0 amide bonds. The van der Waals surface area contributed by atoms with Crippen molar-refractivity contribution >= 4 is 15.9 Å². The summed E-state index contributed by atoms with van der Waals surface area (Å²) in [4.78, 5) is 7.65. The largest absolute Gasteiger partial charge is 0.303 e. The highest BCUT2D eigenvalue weighted by atomic mass is 79.9. The van der Waals surface area contributed by atoms with E-state index in [0.29, 0.717) is 0 Å². The Morgan fingerprint density at radius 3 is 1.88 bits per heavy atom. The van der Waals surface area contributed by atoms with E-state index in [1.165, 1.54) is 58.9 Å². The fourth-order valence-electron chi connectivity index (χ4n) is 2.18. The fourth-order valence-corrected chi connectivity index (χ4v) is 2.68. The molecule has 1 aliphatic heterocycles. The van der Waals surface area contributed by atoms with Crippen molar-refractivity contribution in [1.29, 1.82) is 0 Å². The lowest BCUT2D eigenvalue weighted by molar-refractivity contribution is 0.125. The first-order valence-corrected chi connectivity index (χ1v) is 7.65. The van der Waals surface area contributed by atoms with Crippen molar-refractivity contribution in [1.82, 2.24) is 14.7 Å². The minimum absolute atomic E-state index is 1.10. The van der Waals surface area contributed by atoms with Gasteiger partial charge >= 0.3 is 0 Å². The van der Waals surface area contributed by atoms with Gasteiger partial charge in [-0.2, -0.15) is 0 Å². The van der Waals surface area contributed by atoms with E-state index < -0.39 is 0 Å². The molecule has 0 aromatic heterocycles. The predicted octanol–water partition coefficient (Wildman–Crippen LogP) is 1.34. The Hall–Kier alpha value is 0.360. The molecular formula is C12H26BrN3. The molecule has 0 atom stereocenters. The summed E-state index contributed by atoms with van der Waals surface area (Å²) in [6.07, 6.45) is 0. The summed E-state index contributed by atoms with van der Waals surface area (Å²) in [6.45, 7) is 15.5. The molecule has 4 heteroatoms. The average molecular weight is 292 g/mol. The molecule has 0 aliphatic carbocycles. The predicted molar refractivity (Wildman–Crippen MR) is 74.5 cm³/mol. The molecule has 1 aliphatic rings. The van der Waals surface area contributed by atoms with Gasteiger partial charge in [-0.05, 0) is 13.1 Å². The topological polar surface area (TPSA) is 9.72 Å². The number of rotatable bonds is 7. The third-order valence-electron chi connectivity index (χ3n) is 3.49. The molecule has 0 unspecified atom stereocenters. The van der Waals surface area contributed by atoms with Crippen LogP contribution in [0.3, 0.4) is 0 Å². The maximum Gasteiger partial charge on any atom is 0.0159 e. The molecule has 0 spiro atoms. The zero-order valence-electron chi connectivity index (χ0n) is 10.8. The third kappa shape index (κ3) is 5.13. The lowest BCUT2D eigenvalue weighted by Crippen LogP contribution is -2.48. The van der Waals surface area contributed by atoms with Gasteiger partial charge in [0.25, 0.3) is 0 Å². The number of nitrogens with zero attached hydrogens (tertiary/aromatic N) is 3. The van der Waals surface area contributed by atoms with Gasteiger partial charge in [0.05, 0.1) is 0 Å². The molecule has 0 aromatic carbocycles. The van der Waals surface area contributed by atoms with Gasteiger partial charge in [0.1, 0.15) is 0 Å². The second-order valence-corrected chi connectivity index (χ2v) is 5.19. The Balaban J connectivity index is 2.12. The minimum atomic E-state index is 1.10. The van der Waals surface area contributed by atoms with Gasteiger partial charge in [0, 0.05) is 51.1 Å². The highest BCUT2D eigenvalue weighted by Crippen LogP contribution is 2.02. The lowest BCUT2D eigenvalue weighted by Gasteiger charge is -2.35. The van der Waals surface area contributed by atoms with Gasteiger partial charge in [-0.3, -0.25) is 9.80 Å². The van der Waals surface area contributed by atoms with E-state index in [0.717, 1.165) is 5.33 Å². The molecule has 1 fully saturated rings. The lowest BCUT2D eigenvalue weighted by atomic mass is 10.3. The van der Waals surface area contributed by atoms with Crippen LogP contribution < -0.4 is 0 Å². The molecule has 0 bridgehead atoms. The van der Waals surface area contributed by atoms with Gasteiger partial charge in [0.15, 0.2) is 0 Å². The van der Waals surface area contributed by atoms with Gasteiger partial charge in [-0.1, -0.05) is 29.8 Å². The number of hydrogen-bond donors (Lipinski definition) is 0. The average Bonchev–Trinajstić information content (AvgIpc) is 2.33. The van der Waals surface area contributed by atoms with E-state index >= 15 is 0 Å². The van der Waals surface area contributed by atoms with Crippen molar-refractivity contribution < 1.29 is 0 Å². The first-order valence-electron chi connectivity index (χ1n) is 6.53. The van der Waals surface area contributed by atoms with Gasteiger partial charge in [0.2, 0.25) is 0 Å². The Morgan fingerprint density at radius 2 is 1.44 bits per heavy atom. The molecule has 1 heterocycles. The summed E-state index contributed by atoms with van der Waals surface area (Å²) >= 11 is 3.51. The van der Waals surface area contributed by atoms with E-state index in [1.54, 1.807) is 0 Å². The van der Waals surface area contributed by atoms with Crippen LogP contribution in [0, 0.1) is 0 Å². The number of hydrogen-bond acceptors (Lipinski definition) is 3. The van der Waals surface area contributed by atoms with Crippen molar-refractivity contribution in [3.8, 4) is 0 Å². The van der Waals surface area contributed by atoms with Crippen molar-refractivity contribution in [3.05, 3.63) is 0 Å². The minimum Gasteiger partial charge on any atom is -0.303 e. The van der Waals surface area contributed by atoms with Crippen LogP contribution in [-0.2, 0) is 0 Å². The quantitative estimate of drug-likeness (QED) is 0.656. The summed E-state index contributed by atoms with van der Waals surface area (Å²) in [7, 11) is 0. The Kier molecular flexibility index (Phi) is 7.62. The zero-order valence-corrected chi connectivity index (χ0v) is 12.4. The molecule has 0 radical (unpaired) electrons. The SMILES string of the molecule is CCN(CC)CCN1CCN(CCBr)CC1. The zero-order chi connectivity index (χ0) is 11.8. The number of halogens is 1. The van der Waals surface area contributed by atoms with Gasteiger partial charge < -0.3 is 4.90 Å². The number of piperazine rings is 1. The molecule has 0 saturated carbocycles. The smallest absolute Gasteiger partial charge is 0.0159 e. The molecule has 96 valence electrons. The van der Waals surface area contributed by atoms with Gasteiger partial charge in [-0.15, -0.1) is 0 Å². The second kappa shape index (κ2) is 8.45. The van der Waals surface area contributed by atoms with E-state index in [2.05, 4.69) is 44.5 Å². The fraction of sp³-hybridized carbons (Fsp3) is 1.00. The molecule has 0 N–H and O–H groups in total. The Bertz CT molecular complexity index is 166. The molecular weight excluding hydrogens is 266 g/mol. The Morgan fingerprint density at radius 1 is 0.938 bits per heavy atom. The van der Waals surface area contributed by atoms with Crippen molar-refractivity contribution in [2.24, 2.45) is 0 Å². The Labute approximate surface area is 109 Å². The highest BCUT2D eigenvalue weighted by Gasteiger charge is 2.16. The van der Waals surface area contributed by atoms with Crippen LogP contribution in [0.15, 0.2) is 0 Å². The van der Waals surface area contributed by atoms with Crippen LogP contribution >= 0.6 is 15.9 Å². The van der Waals surface area contributed by atoms with Crippen LogP contribution in [-0.4, -0.2) is 78.9 Å². The first-order chi connectivity index (χ1) is 7.80. The van der Waals surface area contributed by atoms with Crippen LogP contribution in [0.1, 0.15) is 13.8 Å². The van der Waals surface area contributed by atoms with Crippen LogP contribution in [0.4, 0.5) is 0 Å². The van der Waals surface area contributed by atoms with Crippen LogP contribution in [0.5, 0.6) is 0 Å². The monoisotopic (exact) mass is 291 g/mol. The summed E-state index contributed by atoms with van der Waals surface area (Å²) in [5, 5.41) is 1.10. The van der Waals surface area contributed by atoms with E-state index in [-0.39, 0.29) is 0 Å². The molecule has 0 aromatic rings. The maximum atomic E-state index is 3.51. The summed E-state index contributed by atoms with van der Waals surface area (Å²) in [6, 6.07) is 0. The number of likely N-dealkylation sites (N-methyl/N-ethyl adjacent to an activating group) is 1. The van der Waals surface area contributed by atoms with E-state index in [1.807, 2.05) is 0 Å². The maximum absolute atomic E-state index is 3.51. The molecule has 1 saturated heterocycles. The second-order valence-electron chi connectivity index (χ2n) is 4.40. The van der Waals surface area contributed by atoms with Crippen molar-refractivity contribution in [2.45, 2.75) is 13.8 Å². The normalized spacial score (nSPS) is 19.5. The summed E-state index contributed by atoms with van der Waals surface area (Å²) in [5.41, 5.74) is 0. The highest BCUT2D eigenvalue weighted by molar-refractivity contribution is 9.09. The summed E-state index contributed by atoms with van der Waals surface area (Å²) < 4.78 is 0. The van der Waals surface area contributed by atoms with Crippen molar-refractivity contribution in [2.75, 3.05) is 64.2 Å². The molecule has 16 heavy (non-hydrogen) atoms. The summed E-state index contributed by atoms with van der Waals surface area (Å²) in [5.74, 6) is 0. The van der Waals surface area contributed by atoms with Crippen molar-refractivity contribution in [3.63, 3.8) is 0 Å². The standard InChI is InChI=1S/C12H26BrN3/c1-3-14(4-2)7-8-16-11-9-15(6-5-13)10-12-16/h3-12H2,1-2H3. The van der Waals surface area contributed by atoms with Crippen LogP contribution in [0.2, 0.25) is 0 Å². The first kappa shape index (κ1) is 14.4.